The normalized spacial score (nSPS) is 18.9. The molecule has 2 rings (SSSR count). The first-order chi connectivity index (χ1) is 9.63. The van der Waals surface area contributed by atoms with E-state index in [1.165, 1.54) is 12.8 Å². The van der Waals surface area contributed by atoms with E-state index in [0.29, 0.717) is 17.5 Å². The Morgan fingerprint density at radius 1 is 1.40 bits per heavy atom. The number of phenols is 1. The second-order valence-corrected chi connectivity index (χ2v) is 5.52. The molecule has 0 aromatic heterocycles. The molecule has 0 bridgehead atoms. The Labute approximate surface area is 121 Å². The van der Waals surface area contributed by atoms with Crippen LogP contribution < -0.4 is 10.1 Å². The van der Waals surface area contributed by atoms with Crippen molar-refractivity contribution < 1.29 is 9.84 Å². The monoisotopic (exact) mass is 278 g/mol. The lowest BCUT2D eigenvalue weighted by Gasteiger charge is -2.33. The van der Waals surface area contributed by atoms with E-state index in [4.69, 9.17) is 4.74 Å². The number of benzene rings is 1. The summed E-state index contributed by atoms with van der Waals surface area (Å²) in [6.45, 7) is 7.78. The summed E-state index contributed by atoms with van der Waals surface area (Å²) in [7, 11) is 1.61. The van der Waals surface area contributed by atoms with Gasteiger partial charge in [0.05, 0.1) is 7.11 Å². The average Bonchev–Trinajstić information content (AvgIpc) is 2.47. The van der Waals surface area contributed by atoms with E-state index in [1.807, 2.05) is 12.1 Å². The van der Waals surface area contributed by atoms with Crippen molar-refractivity contribution in [3.8, 4) is 11.5 Å². The number of nitrogens with one attached hydrogen (secondary N) is 1. The highest BCUT2D eigenvalue weighted by atomic mass is 16.5. The molecule has 1 heterocycles. The molecule has 1 atom stereocenters. The smallest absolute Gasteiger partial charge is 0.124 e. The molecule has 112 valence electrons. The summed E-state index contributed by atoms with van der Waals surface area (Å²) in [5, 5.41) is 13.7. The maximum Gasteiger partial charge on any atom is 0.124 e. The van der Waals surface area contributed by atoms with Crippen LogP contribution in [0, 0.1) is 0 Å². The first-order valence-electron chi connectivity index (χ1n) is 7.49. The predicted octanol–water partition coefficient (Wildman–Crippen LogP) is 2.54. The Kier molecular flexibility index (Phi) is 5.26. The Balaban J connectivity index is 1.93. The van der Waals surface area contributed by atoms with Crippen LogP contribution >= 0.6 is 0 Å². The Morgan fingerprint density at radius 2 is 2.10 bits per heavy atom. The van der Waals surface area contributed by atoms with Crippen LogP contribution in [0.5, 0.6) is 11.5 Å². The first-order valence-corrected chi connectivity index (χ1v) is 7.49. The second-order valence-electron chi connectivity index (χ2n) is 5.52. The summed E-state index contributed by atoms with van der Waals surface area (Å²) in [6, 6.07) is 6.20. The quantitative estimate of drug-likeness (QED) is 0.869. The van der Waals surface area contributed by atoms with Gasteiger partial charge >= 0.3 is 0 Å². The standard InChI is InChI=1S/C16H26N2O2/c1-4-18-9-7-13(8-10-18)17-12(2)15-6-5-14(20-3)11-16(15)19/h5-6,11-13,17,19H,4,7-10H2,1-3H3. The molecule has 0 radical (unpaired) electrons. The molecule has 1 aromatic rings. The molecule has 1 aliphatic heterocycles. The van der Waals surface area contributed by atoms with Crippen molar-refractivity contribution in [3.05, 3.63) is 23.8 Å². The third kappa shape index (κ3) is 3.64. The van der Waals surface area contributed by atoms with Gasteiger partial charge in [-0.05, 0) is 45.5 Å². The molecule has 1 aromatic carbocycles. The van der Waals surface area contributed by atoms with E-state index in [9.17, 15) is 5.11 Å². The van der Waals surface area contributed by atoms with Gasteiger partial charge in [0.15, 0.2) is 0 Å². The number of likely N-dealkylation sites (tertiary alicyclic amines) is 1. The fourth-order valence-electron chi connectivity index (χ4n) is 2.88. The van der Waals surface area contributed by atoms with Gasteiger partial charge in [0.1, 0.15) is 11.5 Å². The molecular weight excluding hydrogens is 252 g/mol. The van der Waals surface area contributed by atoms with Gasteiger partial charge in [0, 0.05) is 23.7 Å². The molecule has 4 nitrogen and oxygen atoms in total. The number of nitrogens with zero attached hydrogens (tertiary/aromatic N) is 1. The summed E-state index contributed by atoms with van der Waals surface area (Å²) >= 11 is 0. The maximum absolute atomic E-state index is 10.1. The maximum atomic E-state index is 10.1. The topological polar surface area (TPSA) is 44.7 Å². The molecule has 20 heavy (non-hydrogen) atoms. The van der Waals surface area contributed by atoms with Crippen molar-refractivity contribution in [2.24, 2.45) is 0 Å². The number of piperidine rings is 1. The Hall–Kier alpha value is -1.26. The summed E-state index contributed by atoms with van der Waals surface area (Å²) in [5.41, 5.74) is 0.934. The van der Waals surface area contributed by atoms with E-state index < -0.39 is 0 Å². The highest BCUT2D eigenvalue weighted by Crippen LogP contribution is 2.29. The summed E-state index contributed by atoms with van der Waals surface area (Å²) in [6.07, 6.45) is 2.35. The van der Waals surface area contributed by atoms with Crippen molar-refractivity contribution in [1.29, 1.82) is 0 Å². The van der Waals surface area contributed by atoms with Gasteiger partial charge in [0.25, 0.3) is 0 Å². The fourth-order valence-corrected chi connectivity index (χ4v) is 2.88. The van der Waals surface area contributed by atoms with Gasteiger partial charge in [-0.1, -0.05) is 13.0 Å². The van der Waals surface area contributed by atoms with Gasteiger partial charge < -0.3 is 20.1 Å². The minimum absolute atomic E-state index is 0.152. The van der Waals surface area contributed by atoms with E-state index in [2.05, 4.69) is 24.1 Å². The van der Waals surface area contributed by atoms with Crippen molar-refractivity contribution in [3.63, 3.8) is 0 Å². The van der Waals surface area contributed by atoms with Gasteiger partial charge in [0.2, 0.25) is 0 Å². The largest absolute Gasteiger partial charge is 0.507 e. The number of aromatic hydroxyl groups is 1. The number of methoxy groups -OCH3 is 1. The Morgan fingerprint density at radius 3 is 2.65 bits per heavy atom. The summed E-state index contributed by atoms with van der Waals surface area (Å²) in [4.78, 5) is 2.48. The van der Waals surface area contributed by atoms with Crippen LogP contribution in [0.4, 0.5) is 0 Å². The third-order valence-electron chi connectivity index (χ3n) is 4.22. The SMILES string of the molecule is CCN1CCC(NC(C)c2ccc(OC)cc2O)CC1. The van der Waals surface area contributed by atoms with Crippen LogP contribution in [0.1, 0.15) is 38.3 Å². The van der Waals surface area contributed by atoms with E-state index in [-0.39, 0.29) is 6.04 Å². The van der Waals surface area contributed by atoms with Crippen molar-refractivity contribution in [2.45, 2.75) is 38.8 Å². The molecule has 1 unspecified atom stereocenters. The number of hydrogen-bond acceptors (Lipinski definition) is 4. The molecule has 4 heteroatoms. The number of rotatable bonds is 5. The second kappa shape index (κ2) is 6.95. The van der Waals surface area contributed by atoms with E-state index in [0.717, 1.165) is 25.2 Å². The molecule has 1 saturated heterocycles. The zero-order valence-electron chi connectivity index (χ0n) is 12.7. The highest BCUT2D eigenvalue weighted by molar-refractivity contribution is 5.41. The lowest BCUT2D eigenvalue weighted by atomic mass is 10.0. The lowest BCUT2D eigenvalue weighted by Crippen LogP contribution is -2.43. The molecule has 2 N–H and O–H groups in total. The van der Waals surface area contributed by atoms with Crippen molar-refractivity contribution in [1.82, 2.24) is 10.2 Å². The minimum atomic E-state index is 0.152. The third-order valence-corrected chi connectivity index (χ3v) is 4.22. The van der Waals surface area contributed by atoms with E-state index in [1.54, 1.807) is 13.2 Å². The van der Waals surface area contributed by atoms with Crippen LogP contribution in [-0.4, -0.2) is 42.8 Å². The minimum Gasteiger partial charge on any atom is -0.507 e. The van der Waals surface area contributed by atoms with Crippen LogP contribution in [-0.2, 0) is 0 Å². The molecule has 0 amide bonds. The zero-order valence-corrected chi connectivity index (χ0v) is 12.7. The Bertz CT molecular complexity index is 428. The van der Waals surface area contributed by atoms with Crippen molar-refractivity contribution >= 4 is 0 Å². The van der Waals surface area contributed by atoms with Crippen LogP contribution in [0.3, 0.4) is 0 Å². The molecular formula is C16H26N2O2. The van der Waals surface area contributed by atoms with Gasteiger partial charge in [-0.2, -0.15) is 0 Å². The molecule has 1 fully saturated rings. The predicted molar refractivity (Wildman–Crippen MR) is 81.3 cm³/mol. The van der Waals surface area contributed by atoms with Gasteiger partial charge in [-0.15, -0.1) is 0 Å². The molecule has 1 aliphatic rings. The number of ether oxygens (including phenoxy) is 1. The van der Waals surface area contributed by atoms with Crippen LogP contribution in [0.25, 0.3) is 0 Å². The van der Waals surface area contributed by atoms with E-state index >= 15 is 0 Å². The van der Waals surface area contributed by atoms with Crippen LogP contribution in [0.2, 0.25) is 0 Å². The summed E-state index contributed by atoms with van der Waals surface area (Å²) in [5.74, 6) is 0.991. The summed E-state index contributed by atoms with van der Waals surface area (Å²) < 4.78 is 5.12. The number of phenolic OH excluding ortho intramolecular Hbond substituents is 1. The van der Waals surface area contributed by atoms with Crippen molar-refractivity contribution in [2.75, 3.05) is 26.7 Å². The molecule has 0 spiro atoms. The van der Waals surface area contributed by atoms with Crippen LogP contribution in [0.15, 0.2) is 18.2 Å². The molecule has 0 saturated carbocycles. The first kappa shape index (κ1) is 15.1. The average molecular weight is 278 g/mol. The fraction of sp³-hybridized carbons (Fsp3) is 0.625. The number of hydrogen-bond donors (Lipinski definition) is 2. The van der Waals surface area contributed by atoms with Gasteiger partial charge in [-0.25, -0.2) is 0 Å². The zero-order chi connectivity index (χ0) is 14.5. The molecule has 0 aliphatic carbocycles. The lowest BCUT2D eigenvalue weighted by molar-refractivity contribution is 0.200. The highest BCUT2D eigenvalue weighted by Gasteiger charge is 2.21. The van der Waals surface area contributed by atoms with Gasteiger partial charge in [-0.3, -0.25) is 0 Å².